The van der Waals surface area contributed by atoms with Crippen molar-refractivity contribution < 1.29 is 22.3 Å². The van der Waals surface area contributed by atoms with Crippen molar-refractivity contribution in [1.29, 1.82) is 0 Å². The molecule has 1 rings (SSSR count). The molecule has 0 unspecified atom stereocenters. The molecule has 0 aliphatic carbocycles. The van der Waals surface area contributed by atoms with Gasteiger partial charge in [0.2, 0.25) is 10.0 Å². The van der Waals surface area contributed by atoms with Crippen LogP contribution in [0.25, 0.3) is 0 Å². The number of esters is 1. The first-order valence-corrected chi connectivity index (χ1v) is 6.18. The first-order chi connectivity index (χ1) is 7.86. The van der Waals surface area contributed by atoms with Crippen LogP contribution < -0.4 is 4.72 Å². The molecule has 0 heterocycles. The van der Waals surface area contributed by atoms with Crippen molar-refractivity contribution >= 4 is 16.0 Å². The molecule has 0 amide bonds. The molecule has 94 valence electrons. The molecule has 17 heavy (non-hydrogen) atoms. The number of ether oxygens (including phenoxy) is 1. The minimum Gasteiger partial charge on any atom is -0.468 e. The third-order valence-electron chi connectivity index (χ3n) is 2.06. The van der Waals surface area contributed by atoms with Crippen LogP contribution >= 0.6 is 0 Å². The van der Waals surface area contributed by atoms with Crippen LogP contribution in [0.15, 0.2) is 23.1 Å². The van der Waals surface area contributed by atoms with Gasteiger partial charge in [0.1, 0.15) is 12.4 Å². The molecule has 5 nitrogen and oxygen atoms in total. The monoisotopic (exact) mass is 261 g/mol. The van der Waals surface area contributed by atoms with E-state index in [1.807, 2.05) is 0 Å². The summed E-state index contributed by atoms with van der Waals surface area (Å²) in [7, 11) is -2.68. The molecular formula is C10H12FNO4S. The number of nitrogens with one attached hydrogen (secondary N) is 1. The highest BCUT2D eigenvalue weighted by molar-refractivity contribution is 7.89. The molecule has 0 spiro atoms. The second-order valence-electron chi connectivity index (χ2n) is 3.31. The quantitative estimate of drug-likeness (QED) is 0.805. The summed E-state index contributed by atoms with van der Waals surface area (Å²) in [6.45, 7) is 1.01. The molecule has 0 atom stereocenters. The fraction of sp³-hybridized carbons (Fsp3) is 0.300. The van der Waals surface area contributed by atoms with Crippen LogP contribution in [0.5, 0.6) is 0 Å². The Kier molecular flexibility index (Phi) is 4.19. The average molecular weight is 261 g/mol. The van der Waals surface area contributed by atoms with E-state index in [-0.39, 0.29) is 10.5 Å². The van der Waals surface area contributed by atoms with Crippen LogP contribution in [0.3, 0.4) is 0 Å². The summed E-state index contributed by atoms with van der Waals surface area (Å²) in [6.07, 6.45) is 0. The Labute approximate surface area is 98.6 Å². The van der Waals surface area contributed by atoms with Gasteiger partial charge in [-0.25, -0.2) is 12.8 Å². The lowest BCUT2D eigenvalue weighted by Gasteiger charge is -2.08. The fourth-order valence-corrected chi connectivity index (χ4v) is 2.41. The van der Waals surface area contributed by atoms with E-state index in [4.69, 9.17) is 0 Å². The van der Waals surface area contributed by atoms with Crippen molar-refractivity contribution in [3.63, 3.8) is 0 Å². The SMILES string of the molecule is COC(=O)CNS(=O)(=O)c1ccc(F)cc1C. The summed E-state index contributed by atoms with van der Waals surface area (Å²) in [5, 5.41) is 0. The Hall–Kier alpha value is -1.47. The molecule has 0 aliphatic rings. The number of rotatable bonds is 4. The van der Waals surface area contributed by atoms with Gasteiger partial charge < -0.3 is 4.74 Å². The van der Waals surface area contributed by atoms with Gasteiger partial charge in [0, 0.05) is 0 Å². The van der Waals surface area contributed by atoms with Crippen molar-refractivity contribution in [3.8, 4) is 0 Å². The first kappa shape index (κ1) is 13.6. The van der Waals surface area contributed by atoms with E-state index in [2.05, 4.69) is 9.46 Å². The molecule has 0 aromatic heterocycles. The number of carbonyl (C=O) groups is 1. The highest BCUT2D eigenvalue weighted by atomic mass is 32.2. The number of benzene rings is 1. The lowest BCUT2D eigenvalue weighted by Crippen LogP contribution is -2.30. The van der Waals surface area contributed by atoms with Crippen LogP contribution in [0.4, 0.5) is 4.39 Å². The maximum atomic E-state index is 12.8. The number of sulfonamides is 1. The van der Waals surface area contributed by atoms with E-state index in [0.717, 1.165) is 25.3 Å². The number of halogens is 1. The van der Waals surface area contributed by atoms with Gasteiger partial charge in [0.25, 0.3) is 0 Å². The van der Waals surface area contributed by atoms with E-state index in [0.29, 0.717) is 0 Å². The number of hydrogen-bond donors (Lipinski definition) is 1. The lowest BCUT2D eigenvalue weighted by atomic mass is 10.2. The van der Waals surface area contributed by atoms with Crippen LogP contribution in [0.1, 0.15) is 5.56 Å². The third kappa shape index (κ3) is 3.50. The first-order valence-electron chi connectivity index (χ1n) is 4.69. The van der Waals surface area contributed by atoms with Gasteiger partial charge in [-0.05, 0) is 30.7 Å². The second-order valence-corrected chi connectivity index (χ2v) is 5.05. The topological polar surface area (TPSA) is 72.5 Å². The van der Waals surface area contributed by atoms with Gasteiger partial charge in [0.15, 0.2) is 0 Å². The van der Waals surface area contributed by atoms with E-state index < -0.39 is 28.4 Å². The Bertz CT molecular complexity index is 527. The van der Waals surface area contributed by atoms with Crippen molar-refractivity contribution in [3.05, 3.63) is 29.6 Å². The van der Waals surface area contributed by atoms with E-state index >= 15 is 0 Å². The Balaban J connectivity index is 2.94. The molecule has 1 aromatic rings. The minimum absolute atomic E-state index is 0.0668. The smallest absolute Gasteiger partial charge is 0.320 e. The largest absolute Gasteiger partial charge is 0.468 e. The highest BCUT2D eigenvalue weighted by Gasteiger charge is 2.18. The van der Waals surface area contributed by atoms with Crippen LogP contribution in [0, 0.1) is 12.7 Å². The van der Waals surface area contributed by atoms with Gasteiger partial charge in [-0.2, -0.15) is 4.72 Å². The molecule has 0 fully saturated rings. The summed E-state index contributed by atoms with van der Waals surface area (Å²) < 4.78 is 42.7. The highest BCUT2D eigenvalue weighted by Crippen LogP contribution is 2.15. The zero-order valence-corrected chi connectivity index (χ0v) is 10.2. The van der Waals surface area contributed by atoms with Crippen LogP contribution in [-0.2, 0) is 19.6 Å². The molecule has 0 bridgehead atoms. The van der Waals surface area contributed by atoms with Gasteiger partial charge in [0.05, 0.1) is 12.0 Å². The normalized spacial score (nSPS) is 11.2. The third-order valence-corrected chi connectivity index (χ3v) is 3.62. The second kappa shape index (κ2) is 5.24. The van der Waals surface area contributed by atoms with Crippen molar-refractivity contribution in [1.82, 2.24) is 4.72 Å². The predicted octanol–water partition coefficient (Wildman–Crippen LogP) is 0.585. The molecule has 1 N–H and O–H groups in total. The summed E-state index contributed by atoms with van der Waals surface area (Å²) in [5.74, 6) is -1.22. The van der Waals surface area contributed by atoms with E-state index in [9.17, 15) is 17.6 Å². The standard InChI is InChI=1S/C10H12FNO4S/c1-7-5-8(11)3-4-9(7)17(14,15)12-6-10(13)16-2/h3-5,12H,6H2,1-2H3. The number of aryl methyl sites for hydroxylation is 1. The van der Waals surface area contributed by atoms with Gasteiger partial charge in [-0.15, -0.1) is 0 Å². The summed E-state index contributed by atoms with van der Waals surface area (Å²) in [5.41, 5.74) is 0.266. The van der Waals surface area contributed by atoms with Crippen molar-refractivity contribution in [2.45, 2.75) is 11.8 Å². The summed E-state index contributed by atoms with van der Waals surface area (Å²) in [6, 6.07) is 3.29. The molecule has 0 saturated heterocycles. The van der Waals surface area contributed by atoms with Gasteiger partial charge in [-0.1, -0.05) is 0 Å². The van der Waals surface area contributed by atoms with Crippen LogP contribution in [0.2, 0.25) is 0 Å². The molecule has 0 radical (unpaired) electrons. The van der Waals surface area contributed by atoms with Gasteiger partial charge in [-0.3, -0.25) is 4.79 Å². The Morgan fingerprint density at radius 3 is 2.65 bits per heavy atom. The fourth-order valence-electron chi connectivity index (χ4n) is 1.22. The van der Waals surface area contributed by atoms with E-state index in [1.165, 1.54) is 6.92 Å². The van der Waals surface area contributed by atoms with Crippen LogP contribution in [-0.4, -0.2) is 28.0 Å². The Morgan fingerprint density at radius 2 is 2.12 bits per heavy atom. The van der Waals surface area contributed by atoms with Crippen molar-refractivity contribution in [2.75, 3.05) is 13.7 Å². The summed E-state index contributed by atoms with van der Waals surface area (Å²) >= 11 is 0. The zero-order valence-electron chi connectivity index (χ0n) is 9.36. The number of methoxy groups -OCH3 is 1. The molecule has 0 saturated carbocycles. The number of hydrogen-bond acceptors (Lipinski definition) is 4. The van der Waals surface area contributed by atoms with Gasteiger partial charge >= 0.3 is 5.97 Å². The Morgan fingerprint density at radius 1 is 1.47 bits per heavy atom. The zero-order chi connectivity index (χ0) is 13.1. The summed E-state index contributed by atoms with van der Waals surface area (Å²) in [4.78, 5) is 10.8. The average Bonchev–Trinajstić information content (AvgIpc) is 2.25. The molecule has 7 heteroatoms. The maximum absolute atomic E-state index is 12.8. The molecule has 1 aromatic carbocycles. The van der Waals surface area contributed by atoms with E-state index in [1.54, 1.807) is 0 Å². The lowest BCUT2D eigenvalue weighted by molar-refractivity contribution is -0.139. The minimum atomic E-state index is -3.83. The number of carbonyl (C=O) groups excluding carboxylic acids is 1. The molecular weight excluding hydrogens is 249 g/mol. The predicted molar refractivity (Wildman–Crippen MR) is 58.3 cm³/mol. The maximum Gasteiger partial charge on any atom is 0.320 e. The van der Waals surface area contributed by atoms with Crippen molar-refractivity contribution in [2.24, 2.45) is 0 Å². The molecule has 0 aliphatic heterocycles.